The summed E-state index contributed by atoms with van der Waals surface area (Å²) in [6.45, 7) is 4.32. The zero-order valence-corrected chi connectivity index (χ0v) is 19.8. The second-order valence-electron chi connectivity index (χ2n) is 8.17. The van der Waals surface area contributed by atoms with Gasteiger partial charge in [0, 0.05) is 15.6 Å². The number of fused-ring (bicyclic) bond motifs is 1. The molecule has 3 aromatic carbocycles. The molecule has 1 N–H and O–H groups in total. The molecule has 0 saturated heterocycles. The fraction of sp³-hybridized carbons (Fsp3) is 0.231. The summed E-state index contributed by atoms with van der Waals surface area (Å²) in [5, 5.41) is 11.6. The highest BCUT2D eigenvalue weighted by Crippen LogP contribution is 2.45. The van der Waals surface area contributed by atoms with E-state index >= 15 is 0 Å². The number of carbonyl (C=O) groups excluding carboxylic acids is 2. The number of amides is 1. The van der Waals surface area contributed by atoms with Crippen molar-refractivity contribution in [1.29, 1.82) is 0 Å². The van der Waals surface area contributed by atoms with Gasteiger partial charge in [-0.05, 0) is 67.4 Å². The van der Waals surface area contributed by atoms with Crippen molar-refractivity contribution in [3.63, 3.8) is 0 Å². The van der Waals surface area contributed by atoms with Gasteiger partial charge in [-0.25, -0.2) is 0 Å². The van der Waals surface area contributed by atoms with Crippen molar-refractivity contribution >= 4 is 33.3 Å². The summed E-state index contributed by atoms with van der Waals surface area (Å²) >= 11 is 3.43. The normalized spacial score (nSPS) is 17.4. The first kappa shape index (κ1) is 22.2. The van der Waals surface area contributed by atoms with Crippen LogP contribution in [0, 0.1) is 13.8 Å². The average Bonchev–Trinajstić information content (AvgIpc) is 2.97. The Labute approximate surface area is 195 Å². The Morgan fingerprint density at radius 1 is 1.06 bits per heavy atom. The maximum absolute atomic E-state index is 13.6. The lowest BCUT2D eigenvalue weighted by molar-refractivity contribution is -0.136. The third-order valence-corrected chi connectivity index (χ3v) is 6.45. The largest absolute Gasteiger partial charge is 0.497 e. The van der Waals surface area contributed by atoms with Gasteiger partial charge in [-0.1, -0.05) is 39.7 Å². The molecule has 0 aromatic heterocycles. The number of hydrogen-bond donors (Lipinski definition) is 1. The van der Waals surface area contributed by atoms with Gasteiger partial charge in [-0.2, -0.15) is 0 Å². The Bertz CT molecular complexity index is 1200. The van der Waals surface area contributed by atoms with Gasteiger partial charge in [0.05, 0.1) is 25.8 Å². The van der Waals surface area contributed by atoms with E-state index in [-0.39, 0.29) is 12.2 Å². The molecule has 0 bridgehead atoms. The van der Waals surface area contributed by atoms with Gasteiger partial charge in [0.1, 0.15) is 5.75 Å². The van der Waals surface area contributed by atoms with Gasteiger partial charge in [-0.3, -0.25) is 9.59 Å². The molecule has 3 aromatic rings. The zero-order chi connectivity index (χ0) is 23.0. The molecule has 5 nitrogen and oxygen atoms in total. The van der Waals surface area contributed by atoms with Crippen LogP contribution in [-0.2, 0) is 16.9 Å². The van der Waals surface area contributed by atoms with Crippen LogP contribution in [0.25, 0.3) is 0 Å². The fourth-order valence-corrected chi connectivity index (χ4v) is 4.46. The van der Waals surface area contributed by atoms with E-state index in [2.05, 4.69) is 15.9 Å². The molecule has 164 valence electrons. The van der Waals surface area contributed by atoms with E-state index in [0.29, 0.717) is 29.1 Å². The highest BCUT2D eigenvalue weighted by molar-refractivity contribution is 9.10. The van der Waals surface area contributed by atoms with Crippen LogP contribution in [0.3, 0.4) is 0 Å². The van der Waals surface area contributed by atoms with Crippen LogP contribution in [0.15, 0.2) is 65.1 Å². The minimum atomic E-state index is -1.94. The maximum Gasteiger partial charge on any atom is 0.264 e. The van der Waals surface area contributed by atoms with Gasteiger partial charge in [0.25, 0.3) is 5.91 Å². The summed E-state index contributed by atoms with van der Waals surface area (Å²) < 4.78 is 5.87. The highest BCUT2D eigenvalue weighted by Gasteiger charge is 2.51. The number of ether oxygens (including phenoxy) is 1. The van der Waals surface area contributed by atoms with Crippen molar-refractivity contribution in [2.45, 2.75) is 32.4 Å². The predicted molar refractivity (Wildman–Crippen MR) is 127 cm³/mol. The minimum Gasteiger partial charge on any atom is -0.497 e. The van der Waals surface area contributed by atoms with Crippen LogP contribution in [0.5, 0.6) is 5.75 Å². The molecule has 4 rings (SSSR count). The Kier molecular flexibility index (Phi) is 5.93. The van der Waals surface area contributed by atoms with E-state index in [0.717, 1.165) is 21.2 Å². The summed E-state index contributed by atoms with van der Waals surface area (Å²) in [6.07, 6.45) is -0.342. The van der Waals surface area contributed by atoms with Crippen molar-refractivity contribution in [3.05, 3.63) is 93.0 Å². The molecular formula is C26H24BrNO4. The van der Waals surface area contributed by atoms with Crippen molar-refractivity contribution in [3.8, 4) is 5.75 Å². The molecule has 0 unspecified atom stereocenters. The summed E-state index contributed by atoms with van der Waals surface area (Å²) in [5.74, 6) is -0.178. The maximum atomic E-state index is 13.6. The van der Waals surface area contributed by atoms with Crippen molar-refractivity contribution in [2.24, 2.45) is 0 Å². The van der Waals surface area contributed by atoms with Gasteiger partial charge in [0.2, 0.25) is 0 Å². The van der Waals surface area contributed by atoms with Crippen LogP contribution >= 0.6 is 15.9 Å². The molecule has 6 heteroatoms. The first-order valence-electron chi connectivity index (χ1n) is 10.3. The second kappa shape index (κ2) is 8.52. The lowest BCUT2D eigenvalue weighted by Gasteiger charge is -2.23. The molecule has 0 aliphatic carbocycles. The van der Waals surface area contributed by atoms with E-state index in [1.807, 2.05) is 38.1 Å². The topological polar surface area (TPSA) is 66.8 Å². The summed E-state index contributed by atoms with van der Waals surface area (Å²) in [6, 6.07) is 18.1. The van der Waals surface area contributed by atoms with Crippen molar-refractivity contribution in [2.75, 3.05) is 12.0 Å². The number of rotatable bonds is 6. The zero-order valence-electron chi connectivity index (χ0n) is 18.2. The Balaban J connectivity index is 1.70. The van der Waals surface area contributed by atoms with Gasteiger partial charge in [-0.15, -0.1) is 0 Å². The summed E-state index contributed by atoms with van der Waals surface area (Å²) in [7, 11) is 1.55. The Hall–Kier alpha value is -2.96. The van der Waals surface area contributed by atoms with Crippen LogP contribution in [0.2, 0.25) is 0 Å². The van der Waals surface area contributed by atoms with Crippen molar-refractivity contribution in [1.82, 2.24) is 0 Å². The van der Waals surface area contributed by atoms with Gasteiger partial charge in [0.15, 0.2) is 11.4 Å². The van der Waals surface area contributed by atoms with Crippen LogP contribution in [0.4, 0.5) is 5.69 Å². The van der Waals surface area contributed by atoms with Crippen molar-refractivity contribution < 1.29 is 19.4 Å². The number of aryl methyl sites for hydroxylation is 2. The lowest BCUT2D eigenvalue weighted by atomic mass is 9.88. The smallest absolute Gasteiger partial charge is 0.264 e. The third kappa shape index (κ3) is 3.96. The van der Waals surface area contributed by atoms with Crippen LogP contribution < -0.4 is 9.64 Å². The van der Waals surface area contributed by atoms with E-state index in [4.69, 9.17) is 4.74 Å². The minimum absolute atomic E-state index is 0.317. The molecule has 1 aliphatic heterocycles. The lowest BCUT2D eigenvalue weighted by Crippen LogP contribution is -2.41. The highest BCUT2D eigenvalue weighted by atomic mass is 79.9. The summed E-state index contributed by atoms with van der Waals surface area (Å²) in [4.78, 5) is 28.2. The molecule has 32 heavy (non-hydrogen) atoms. The standard InChI is InChI=1S/C26H24BrNO4/c1-16-4-5-17(2)19(12-16)15-28-23-11-8-20(27)13-22(23)26(31,25(28)30)14-24(29)18-6-9-21(32-3)10-7-18/h4-13,31H,14-15H2,1-3H3/t26-/m0/s1. The molecule has 1 atom stereocenters. The van der Waals surface area contributed by atoms with E-state index in [1.165, 1.54) is 0 Å². The number of halogens is 1. The SMILES string of the molecule is COc1ccc(C(=O)C[C@@]2(O)C(=O)N(Cc3cc(C)ccc3C)c3ccc(Br)cc32)cc1. The number of aliphatic hydroxyl groups is 1. The number of benzene rings is 3. The number of nitrogens with zero attached hydrogens (tertiary/aromatic N) is 1. The number of hydrogen-bond acceptors (Lipinski definition) is 4. The molecule has 0 spiro atoms. The monoisotopic (exact) mass is 493 g/mol. The molecule has 0 saturated carbocycles. The average molecular weight is 494 g/mol. The fourth-order valence-electron chi connectivity index (χ4n) is 4.10. The number of anilines is 1. The van der Waals surface area contributed by atoms with E-state index in [9.17, 15) is 14.7 Å². The first-order chi connectivity index (χ1) is 15.2. The Morgan fingerprint density at radius 2 is 1.78 bits per heavy atom. The van der Waals surface area contributed by atoms with E-state index in [1.54, 1.807) is 48.4 Å². The molecule has 1 amide bonds. The quantitative estimate of drug-likeness (QED) is 0.486. The number of methoxy groups -OCH3 is 1. The predicted octanol–water partition coefficient (Wildman–Crippen LogP) is 5.08. The van der Waals surface area contributed by atoms with E-state index < -0.39 is 11.5 Å². The number of carbonyl (C=O) groups is 2. The van der Waals surface area contributed by atoms with Gasteiger partial charge >= 0.3 is 0 Å². The Morgan fingerprint density at radius 3 is 2.47 bits per heavy atom. The van der Waals surface area contributed by atoms with Gasteiger partial charge < -0.3 is 14.7 Å². The molecule has 1 aliphatic rings. The number of Topliss-reactive ketones (excluding diaryl/α,β-unsaturated/α-hetero) is 1. The third-order valence-electron chi connectivity index (χ3n) is 5.96. The molecule has 0 fully saturated rings. The molecular weight excluding hydrogens is 470 g/mol. The molecule has 0 radical (unpaired) electrons. The number of ketones is 1. The summed E-state index contributed by atoms with van der Waals surface area (Å²) in [5.41, 5.74) is 2.68. The molecule has 1 heterocycles. The van der Waals surface area contributed by atoms with Crippen LogP contribution in [0.1, 0.15) is 39.0 Å². The van der Waals surface area contributed by atoms with Crippen LogP contribution in [-0.4, -0.2) is 23.9 Å². The second-order valence-corrected chi connectivity index (χ2v) is 9.09. The first-order valence-corrected chi connectivity index (χ1v) is 11.1.